The van der Waals surface area contributed by atoms with Crippen molar-refractivity contribution in [1.29, 1.82) is 0 Å². The Morgan fingerprint density at radius 2 is 1.61 bits per heavy atom. The van der Waals surface area contributed by atoms with E-state index in [0.717, 1.165) is 5.39 Å². The Hall–Kier alpha value is -4.17. The minimum absolute atomic E-state index is 0.133. The minimum Gasteiger partial charge on any atom is -0.507 e. The van der Waals surface area contributed by atoms with E-state index in [1.54, 1.807) is 67.6 Å². The van der Waals surface area contributed by atoms with Crippen LogP contribution >= 0.6 is 0 Å². The number of hydrogen-bond donors (Lipinski definition) is 3. The highest BCUT2D eigenvalue weighted by Crippen LogP contribution is 2.27. The number of fused-ring (bicyclic) bond motifs is 1. The smallest absolute Gasteiger partial charge is 0.275 e. The van der Waals surface area contributed by atoms with Crippen LogP contribution in [-0.4, -0.2) is 25.1 Å². The normalized spacial score (nSPS) is 11.8. The van der Waals surface area contributed by atoms with E-state index in [1.165, 1.54) is 18.2 Å². The molecule has 166 valence electrons. The molecule has 4 aromatic carbocycles. The van der Waals surface area contributed by atoms with Gasteiger partial charge < -0.3 is 5.11 Å². The first-order chi connectivity index (χ1) is 15.8. The monoisotopic (exact) mass is 459 g/mol. The molecule has 0 aliphatic carbocycles. The summed E-state index contributed by atoms with van der Waals surface area (Å²) in [7, 11) is -3.73. The number of rotatable bonds is 6. The summed E-state index contributed by atoms with van der Waals surface area (Å²) < 4.78 is 27.7. The van der Waals surface area contributed by atoms with E-state index in [0.29, 0.717) is 22.3 Å². The molecule has 0 spiro atoms. The molecule has 8 heteroatoms. The zero-order valence-electron chi connectivity index (χ0n) is 17.7. The SMILES string of the molecule is C/C(=N\NC(=O)c1c(O)ccc2ccccc12)c1cccc(NS(=O)(=O)c2ccccc2)c1. The molecule has 4 aromatic rings. The van der Waals surface area contributed by atoms with E-state index in [9.17, 15) is 18.3 Å². The third kappa shape index (κ3) is 4.86. The second-order valence-electron chi connectivity index (χ2n) is 7.32. The number of aromatic hydroxyl groups is 1. The largest absolute Gasteiger partial charge is 0.507 e. The highest BCUT2D eigenvalue weighted by molar-refractivity contribution is 7.92. The Balaban J connectivity index is 1.55. The highest BCUT2D eigenvalue weighted by atomic mass is 32.2. The second kappa shape index (κ2) is 9.13. The average Bonchev–Trinajstić information content (AvgIpc) is 2.82. The molecule has 0 heterocycles. The van der Waals surface area contributed by atoms with Gasteiger partial charge in [-0.1, -0.05) is 60.7 Å². The Kier molecular flexibility index (Phi) is 6.10. The van der Waals surface area contributed by atoms with Crippen LogP contribution < -0.4 is 10.1 Å². The predicted octanol–water partition coefficient (Wildman–Crippen LogP) is 4.50. The standard InChI is InChI=1S/C25H21N3O4S/c1-17(26-27-25(30)24-22-13-6-5-8-18(22)14-15-23(24)29)19-9-7-10-20(16-19)28-33(31,32)21-11-3-2-4-12-21/h2-16,28-29H,1H3,(H,27,30)/b26-17+. The zero-order valence-corrected chi connectivity index (χ0v) is 18.5. The van der Waals surface area contributed by atoms with Gasteiger partial charge in [-0.15, -0.1) is 0 Å². The quantitative estimate of drug-likeness (QED) is 0.291. The van der Waals surface area contributed by atoms with Gasteiger partial charge in [0.05, 0.1) is 16.2 Å². The minimum atomic E-state index is -3.73. The van der Waals surface area contributed by atoms with Gasteiger partial charge in [0.2, 0.25) is 0 Å². The van der Waals surface area contributed by atoms with Crippen LogP contribution in [0.2, 0.25) is 0 Å². The second-order valence-corrected chi connectivity index (χ2v) is 9.00. The Bertz CT molecular complexity index is 1470. The molecule has 1 amide bonds. The molecule has 0 aliphatic heterocycles. The van der Waals surface area contributed by atoms with Crippen molar-refractivity contribution < 1.29 is 18.3 Å². The Morgan fingerprint density at radius 1 is 0.879 bits per heavy atom. The van der Waals surface area contributed by atoms with Crippen molar-refractivity contribution >= 4 is 38.1 Å². The van der Waals surface area contributed by atoms with E-state index in [4.69, 9.17) is 0 Å². The van der Waals surface area contributed by atoms with Gasteiger partial charge in [-0.25, -0.2) is 13.8 Å². The van der Waals surface area contributed by atoms with E-state index < -0.39 is 15.9 Å². The molecule has 3 N–H and O–H groups in total. The number of hydrogen-bond acceptors (Lipinski definition) is 5. The van der Waals surface area contributed by atoms with Crippen molar-refractivity contribution in [2.75, 3.05) is 4.72 Å². The van der Waals surface area contributed by atoms with E-state index in [2.05, 4.69) is 15.2 Å². The van der Waals surface area contributed by atoms with Crippen LogP contribution in [-0.2, 0) is 10.0 Å². The first-order valence-corrected chi connectivity index (χ1v) is 11.6. The number of sulfonamides is 1. The average molecular weight is 460 g/mol. The van der Waals surface area contributed by atoms with Crippen LogP contribution in [0.15, 0.2) is 101 Å². The van der Waals surface area contributed by atoms with Gasteiger partial charge in [-0.3, -0.25) is 9.52 Å². The summed E-state index contributed by atoms with van der Waals surface area (Å²) in [5.41, 5.74) is 4.05. The van der Waals surface area contributed by atoms with Crippen LogP contribution in [0.25, 0.3) is 10.8 Å². The van der Waals surface area contributed by atoms with Gasteiger partial charge >= 0.3 is 0 Å². The van der Waals surface area contributed by atoms with E-state index in [-0.39, 0.29) is 16.2 Å². The van der Waals surface area contributed by atoms with Crippen LogP contribution in [0.1, 0.15) is 22.8 Å². The number of nitrogens with one attached hydrogen (secondary N) is 2. The number of amides is 1. The van der Waals surface area contributed by atoms with E-state index >= 15 is 0 Å². The zero-order chi connectivity index (χ0) is 23.4. The molecular weight excluding hydrogens is 438 g/mol. The summed E-state index contributed by atoms with van der Waals surface area (Å²) in [6.07, 6.45) is 0. The van der Waals surface area contributed by atoms with Gasteiger partial charge in [0, 0.05) is 5.69 Å². The van der Waals surface area contributed by atoms with Crippen molar-refractivity contribution in [1.82, 2.24) is 5.43 Å². The van der Waals surface area contributed by atoms with Crippen molar-refractivity contribution in [3.63, 3.8) is 0 Å². The fourth-order valence-corrected chi connectivity index (χ4v) is 4.45. The maximum Gasteiger partial charge on any atom is 0.275 e. The maximum absolute atomic E-state index is 12.8. The molecule has 7 nitrogen and oxygen atoms in total. The number of carbonyl (C=O) groups is 1. The lowest BCUT2D eigenvalue weighted by Crippen LogP contribution is -2.20. The predicted molar refractivity (Wildman–Crippen MR) is 129 cm³/mol. The van der Waals surface area contributed by atoms with E-state index in [1.807, 2.05) is 12.1 Å². The molecule has 0 unspecified atom stereocenters. The summed E-state index contributed by atoms with van der Waals surface area (Å²) in [6, 6.07) is 25.2. The molecule has 0 radical (unpaired) electrons. The molecule has 0 aromatic heterocycles. The lowest BCUT2D eigenvalue weighted by molar-refractivity contribution is 0.0954. The molecule has 0 bridgehead atoms. The van der Waals surface area contributed by atoms with Gasteiger partial charge in [0.25, 0.3) is 15.9 Å². The fourth-order valence-electron chi connectivity index (χ4n) is 3.38. The van der Waals surface area contributed by atoms with Crippen molar-refractivity contribution in [3.8, 4) is 5.75 Å². The van der Waals surface area contributed by atoms with Crippen molar-refractivity contribution in [2.45, 2.75) is 11.8 Å². The maximum atomic E-state index is 12.8. The van der Waals surface area contributed by atoms with Gasteiger partial charge in [-0.2, -0.15) is 5.10 Å². The number of hydrazone groups is 1. The third-order valence-corrected chi connectivity index (χ3v) is 6.44. The Morgan fingerprint density at radius 3 is 2.39 bits per heavy atom. The number of carbonyl (C=O) groups excluding carboxylic acids is 1. The summed E-state index contributed by atoms with van der Waals surface area (Å²) in [6.45, 7) is 1.69. The summed E-state index contributed by atoms with van der Waals surface area (Å²) in [4.78, 5) is 12.9. The molecule has 0 aliphatic rings. The van der Waals surface area contributed by atoms with Crippen molar-refractivity contribution in [3.05, 3.63) is 102 Å². The molecule has 0 fully saturated rings. The molecule has 4 rings (SSSR count). The number of nitrogens with zero attached hydrogens (tertiary/aromatic N) is 1. The van der Waals surface area contributed by atoms with Gasteiger partial charge in [0.15, 0.2) is 0 Å². The van der Waals surface area contributed by atoms with Gasteiger partial charge in [0.1, 0.15) is 5.75 Å². The summed E-state index contributed by atoms with van der Waals surface area (Å²) in [5.74, 6) is -0.694. The lowest BCUT2D eigenvalue weighted by atomic mass is 10.0. The first kappa shape index (κ1) is 22.0. The Labute approximate surface area is 191 Å². The van der Waals surface area contributed by atoms with Crippen LogP contribution in [0.4, 0.5) is 5.69 Å². The number of anilines is 1. The molecule has 0 saturated heterocycles. The lowest BCUT2D eigenvalue weighted by Gasteiger charge is -2.10. The van der Waals surface area contributed by atoms with Crippen molar-refractivity contribution in [2.24, 2.45) is 5.10 Å². The van der Waals surface area contributed by atoms with Gasteiger partial charge in [-0.05, 0) is 53.6 Å². The third-order valence-electron chi connectivity index (χ3n) is 5.05. The number of phenolic OH excluding ortho intramolecular Hbond substituents is 1. The number of phenols is 1. The first-order valence-electron chi connectivity index (χ1n) is 10.1. The van der Waals surface area contributed by atoms with Crippen LogP contribution in [0, 0.1) is 0 Å². The fraction of sp³-hybridized carbons (Fsp3) is 0.0400. The van der Waals surface area contributed by atoms with Crippen LogP contribution in [0.3, 0.4) is 0 Å². The summed E-state index contributed by atoms with van der Waals surface area (Å²) in [5, 5.41) is 15.8. The topological polar surface area (TPSA) is 108 Å². The summed E-state index contributed by atoms with van der Waals surface area (Å²) >= 11 is 0. The molecular formula is C25H21N3O4S. The van der Waals surface area contributed by atoms with Crippen LogP contribution in [0.5, 0.6) is 5.75 Å². The highest BCUT2D eigenvalue weighted by Gasteiger charge is 2.16. The molecule has 0 atom stereocenters. The molecule has 0 saturated carbocycles. The molecule has 33 heavy (non-hydrogen) atoms. The number of benzene rings is 4.